The highest BCUT2D eigenvalue weighted by atomic mass is 16.5. The number of hydrogen-bond donors (Lipinski definition) is 2. The lowest BCUT2D eigenvalue weighted by Crippen LogP contribution is -2.33. The molecule has 1 aliphatic carbocycles. The summed E-state index contributed by atoms with van der Waals surface area (Å²) in [7, 11) is 0. The van der Waals surface area contributed by atoms with Crippen molar-refractivity contribution in [2.75, 3.05) is 26.2 Å². The number of fused-ring (bicyclic) bond motifs is 3. The summed E-state index contributed by atoms with van der Waals surface area (Å²) >= 11 is 0. The molecule has 2 N–H and O–H groups in total. The van der Waals surface area contributed by atoms with Crippen LogP contribution in [0.15, 0.2) is 48.5 Å². The molecular formula is C19H20N2O3. The van der Waals surface area contributed by atoms with Gasteiger partial charge in [-0.15, -0.1) is 0 Å². The Morgan fingerprint density at radius 2 is 1.62 bits per heavy atom. The molecule has 0 bridgehead atoms. The van der Waals surface area contributed by atoms with E-state index in [1.807, 2.05) is 24.3 Å². The maximum absolute atomic E-state index is 11.8. The summed E-state index contributed by atoms with van der Waals surface area (Å²) in [5.74, 6) is 0.0661. The van der Waals surface area contributed by atoms with E-state index < -0.39 is 6.09 Å². The van der Waals surface area contributed by atoms with Crippen LogP contribution in [0.4, 0.5) is 4.79 Å². The van der Waals surface area contributed by atoms with Crippen molar-refractivity contribution in [2.45, 2.75) is 5.92 Å². The van der Waals surface area contributed by atoms with Gasteiger partial charge in [-0.25, -0.2) is 4.79 Å². The number of alkyl carbamates (subject to hydrolysis) is 1. The molecule has 0 saturated carbocycles. The average molecular weight is 324 g/mol. The van der Waals surface area contributed by atoms with Crippen molar-refractivity contribution < 1.29 is 14.3 Å². The van der Waals surface area contributed by atoms with Crippen molar-refractivity contribution in [1.82, 2.24) is 10.6 Å². The lowest BCUT2D eigenvalue weighted by atomic mass is 9.98. The number of carbonyl (C=O) groups is 2. The predicted molar refractivity (Wildman–Crippen MR) is 92.0 cm³/mol. The van der Waals surface area contributed by atoms with E-state index in [4.69, 9.17) is 4.74 Å². The number of nitrogens with one attached hydrogen (secondary N) is 2. The Morgan fingerprint density at radius 1 is 1.00 bits per heavy atom. The van der Waals surface area contributed by atoms with Gasteiger partial charge in [0.15, 0.2) is 0 Å². The molecule has 0 aliphatic heterocycles. The number of aldehydes is 1. The molecule has 5 heteroatoms. The SMILES string of the molecule is O=CCNCCNC(=O)OCC1c2ccccc2-c2ccccc21. The number of carbonyl (C=O) groups excluding carboxylic acids is 2. The molecule has 5 nitrogen and oxygen atoms in total. The summed E-state index contributed by atoms with van der Waals surface area (Å²) in [6.07, 6.45) is 0.345. The molecule has 2 aromatic carbocycles. The molecule has 0 spiro atoms. The average Bonchev–Trinajstić information content (AvgIpc) is 2.94. The Bertz CT molecular complexity index is 685. The standard InChI is InChI=1S/C19H20N2O3/c22-12-11-20-9-10-21-19(23)24-13-18-16-7-3-1-5-14(16)15-6-2-4-8-17(15)18/h1-8,12,18,20H,9-11,13H2,(H,21,23). The highest BCUT2D eigenvalue weighted by Gasteiger charge is 2.28. The molecular weight excluding hydrogens is 304 g/mol. The molecule has 3 rings (SSSR count). The first-order valence-electron chi connectivity index (χ1n) is 8.04. The molecule has 0 radical (unpaired) electrons. The van der Waals surface area contributed by atoms with Gasteiger partial charge in [-0.2, -0.15) is 0 Å². The van der Waals surface area contributed by atoms with Crippen LogP contribution in [-0.4, -0.2) is 38.6 Å². The fourth-order valence-corrected chi connectivity index (χ4v) is 3.06. The first-order chi connectivity index (χ1) is 11.8. The van der Waals surface area contributed by atoms with Crippen molar-refractivity contribution in [3.63, 3.8) is 0 Å². The predicted octanol–water partition coefficient (Wildman–Crippen LogP) is 2.31. The van der Waals surface area contributed by atoms with Gasteiger partial charge in [0.1, 0.15) is 12.9 Å². The second-order valence-corrected chi connectivity index (χ2v) is 5.62. The van der Waals surface area contributed by atoms with Crippen LogP contribution in [0.1, 0.15) is 17.0 Å². The second kappa shape index (κ2) is 7.75. The fraction of sp³-hybridized carbons (Fsp3) is 0.263. The molecule has 0 fully saturated rings. The Balaban J connectivity index is 1.59. The van der Waals surface area contributed by atoms with E-state index in [9.17, 15) is 9.59 Å². The van der Waals surface area contributed by atoms with Crippen LogP contribution < -0.4 is 10.6 Å². The molecule has 1 amide bonds. The number of benzene rings is 2. The van der Waals surface area contributed by atoms with Gasteiger partial charge < -0.3 is 20.2 Å². The summed E-state index contributed by atoms with van der Waals surface area (Å²) < 4.78 is 5.40. The Hall–Kier alpha value is -2.66. The number of rotatable bonds is 7. The van der Waals surface area contributed by atoms with E-state index in [2.05, 4.69) is 34.9 Å². The van der Waals surface area contributed by atoms with Crippen molar-refractivity contribution in [1.29, 1.82) is 0 Å². The first-order valence-corrected chi connectivity index (χ1v) is 8.04. The summed E-state index contributed by atoms with van der Waals surface area (Å²) in [6, 6.07) is 16.5. The maximum Gasteiger partial charge on any atom is 0.407 e. The molecule has 0 saturated heterocycles. The van der Waals surface area contributed by atoms with E-state index in [1.54, 1.807) is 0 Å². The zero-order valence-electron chi connectivity index (χ0n) is 13.3. The molecule has 0 atom stereocenters. The van der Waals surface area contributed by atoms with Gasteiger partial charge >= 0.3 is 6.09 Å². The van der Waals surface area contributed by atoms with Crippen molar-refractivity contribution in [2.24, 2.45) is 0 Å². The summed E-state index contributed by atoms with van der Waals surface area (Å²) in [4.78, 5) is 22.0. The van der Waals surface area contributed by atoms with Gasteiger partial charge in [0.2, 0.25) is 0 Å². The minimum absolute atomic E-state index is 0.0661. The number of amides is 1. The Morgan fingerprint density at radius 3 is 2.25 bits per heavy atom. The smallest absolute Gasteiger partial charge is 0.407 e. The zero-order valence-corrected chi connectivity index (χ0v) is 13.3. The quantitative estimate of drug-likeness (QED) is 0.606. The van der Waals surface area contributed by atoms with E-state index in [0.29, 0.717) is 19.7 Å². The maximum atomic E-state index is 11.8. The van der Waals surface area contributed by atoms with E-state index >= 15 is 0 Å². The summed E-state index contributed by atoms with van der Waals surface area (Å²) in [6.45, 7) is 1.54. The lowest BCUT2D eigenvalue weighted by molar-refractivity contribution is -0.107. The molecule has 24 heavy (non-hydrogen) atoms. The van der Waals surface area contributed by atoms with Crippen molar-refractivity contribution >= 4 is 12.4 Å². The summed E-state index contributed by atoms with van der Waals surface area (Å²) in [5, 5.41) is 5.55. The van der Waals surface area contributed by atoms with Gasteiger partial charge in [-0.1, -0.05) is 48.5 Å². The van der Waals surface area contributed by atoms with Crippen LogP contribution in [0.25, 0.3) is 11.1 Å². The highest BCUT2D eigenvalue weighted by molar-refractivity contribution is 5.79. The number of hydrogen-bond acceptors (Lipinski definition) is 4. The van der Waals surface area contributed by atoms with Gasteiger partial charge in [0.05, 0.1) is 6.54 Å². The largest absolute Gasteiger partial charge is 0.449 e. The molecule has 1 aliphatic rings. The highest BCUT2D eigenvalue weighted by Crippen LogP contribution is 2.44. The minimum Gasteiger partial charge on any atom is -0.449 e. The van der Waals surface area contributed by atoms with Gasteiger partial charge in [-0.3, -0.25) is 0 Å². The molecule has 124 valence electrons. The van der Waals surface area contributed by atoms with Crippen LogP contribution in [0.5, 0.6) is 0 Å². The zero-order chi connectivity index (χ0) is 16.8. The third-order valence-corrected chi connectivity index (χ3v) is 4.14. The van der Waals surface area contributed by atoms with Crippen LogP contribution in [0, 0.1) is 0 Å². The van der Waals surface area contributed by atoms with E-state index in [1.165, 1.54) is 22.3 Å². The Kier molecular flexibility index (Phi) is 5.23. The van der Waals surface area contributed by atoms with Gasteiger partial charge in [0, 0.05) is 19.0 Å². The lowest BCUT2D eigenvalue weighted by Gasteiger charge is -2.14. The van der Waals surface area contributed by atoms with E-state index in [0.717, 1.165) is 6.29 Å². The second-order valence-electron chi connectivity index (χ2n) is 5.62. The van der Waals surface area contributed by atoms with Crippen LogP contribution in [0.2, 0.25) is 0 Å². The molecule has 0 unspecified atom stereocenters. The minimum atomic E-state index is -0.440. The van der Waals surface area contributed by atoms with Crippen LogP contribution >= 0.6 is 0 Å². The first kappa shape index (κ1) is 16.2. The molecule has 0 heterocycles. The van der Waals surface area contributed by atoms with E-state index in [-0.39, 0.29) is 12.5 Å². The third kappa shape index (κ3) is 3.46. The third-order valence-electron chi connectivity index (χ3n) is 4.14. The fourth-order valence-electron chi connectivity index (χ4n) is 3.06. The number of ether oxygens (including phenoxy) is 1. The topological polar surface area (TPSA) is 67.4 Å². The van der Waals surface area contributed by atoms with Crippen LogP contribution in [-0.2, 0) is 9.53 Å². The van der Waals surface area contributed by atoms with Crippen molar-refractivity contribution in [3.05, 3.63) is 59.7 Å². The van der Waals surface area contributed by atoms with Gasteiger partial charge in [-0.05, 0) is 22.3 Å². The summed E-state index contributed by atoms with van der Waals surface area (Å²) in [5.41, 5.74) is 4.80. The normalized spacial score (nSPS) is 12.3. The van der Waals surface area contributed by atoms with Gasteiger partial charge in [0.25, 0.3) is 0 Å². The van der Waals surface area contributed by atoms with Crippen molar-refractivity contribution in [3.8, 4) is 11.1 Å². The molecule has 0 aromatic heterocycles. The molecule has 2 aromatic rings. The van der Waals surface area contributed by atoms with Crippen LogP contribution in [0.3, 0.4) is 0 Å². The monoisotopic (exact) mass is 324 g/mol. The Labute approximate surface area is 141 Å².